The molecular formula is C15H18N2O2. The predicted molar refractivity (Wildman–Crippen MR) is 73.7 cm³/mol. The molecule has 0 fully saturated rings. The Labute approximate surface area is 113 Å². The van der Waals surface area contributed by atoms with Crippen LogP contribution in [0.2, 0.25) is 0 Å². The van der Waals surface area contributed by atoms with Crippen molar-refractivity contribution in [3.8, 4) is 5.75 Å². The second-order valence-electron chi connectivity index (χ2n) is 4.80. The van der Waals surface area contributed by atoms with Crippen LogP contribution in [-0.2, 0) is 7.05 Å². The third kappa shape index (κ3) is 2.52. The van der Waals surface area contributed by atoms with Crippen molar-refractivity contribution in [2.45, 2.75) is 19.8 Å². The van der Waals surface area contributed by atoms with Crippen molar-refractivity contribution in [3.63, 3.8) is 0 Å². The number of methoxy groups -OCH3 is 1. The van der Waals surface area contributed by atoms with Crippen molar-refractivity contribution in [1.82, 2.24) is 9.55 Å². The van der Waals surface area contributed by atoms with Gasteiger partial charge < -0.3 is 9.30 Å². The van der Waals surface area contributed by atoms with E-state index in [0.717, 1.165) is 11.3 Å². The van der Waals surface area contributed by atoms with E-state index in [1.807, 2.05) is 19.2 Å². The van der Waals surface area contributed by atoms with E-state index in [-0.39, 0.29) is 5.78 Å². The molecule has 19 heavy (non-hydrogen) atoms. The summed E-state index contributed by atoms with van der Waals surface area (Å²) in [5.41, 5.74) is 1.67. The van der Waals surface area contributed by atoms with Gasteiger partial charge in [-0.25, -0.2) is 4.98 Å². The van der Waals surface area contributed by atoms with Gasteiger partial charge in [-0.1, -0.05) is 13.8 Å². The smallest absolute Gasteiger partial charge is 0.228 e. The molecule has 1 aromatic carbocycles. The van der Waals surface area contributed by atoms with Crippen LogP contribution >= 0.6 is 0 Å². The summed E-state index contributed by atoms with van der Waals surface area (Å²) < 4.78 is 7.05. The Morgan fingerprint density at radius 1 is 1.37 bits per heavy atom. The van der Waals surface area contributed by atoms with Crippen LogP contribution in [0, 0.1) is 0 Å². The molecule has 4 heteroatoms. The van der Waals surface area contributed by atoms with Gasteiger partial charge in [0.05, 0.1) is 7.11 Å². The molecule has 4 nitrogen and oxygen atoms in total. The van der Waals surface area contributed by atoms with E-state index < -0.39 is 0 Å². The lowest BCUT2D eigenvalue weighted by Gasteiger charge is -2.13. The van der Waals surface area contributed by atoms with E-state index in [9.17, 15) is 4.79 Å². The fourth-order valence-corrected chi connectivity index (χ4v) is 2.04. The van der Waals surface area contributed by atoms with Gasteiger partial charge in [-0.05, 0) is 29.7 Å². The van der Waals surface area contributed by atoms with Gasteiger partial charge in [-0.3, -0.25) is 4.79 Å². The van der Waals surface area contributed by atoms with E-state index in [4.69, 9.17) is 4.74 Å². The monoisotopic (exact) mass is 258 g/mol. The number of aryl methyl sites for hydroxylation is 1. The number of nitrogens with zero attached hydrogens (tertiary/aromatic N) is 2. The quantitative estimate of drug-likeness (QED) is 0.792. The zero-order valence-electron chi connectivity index (χ0n) is 11.7. The minimum Gasteiger partial charge on any atom is -0.496 e. The van der Waals surface area contributed by atoms with Crippen LogP contribution in [0.15, 0.2) is 30.6 Å². The molecule has 2 aromatic rings. The SMILES string of the molecule is COc1ccc(C(=O)c2nccn2C)cc1C(C)C. The topological polar surface area (TPSA) is 44.1 Å². The Morgan fingerprint density at radius 2 is 2.11 bits per heavy atom. The predicted octanol–water partition coefficient (Wildman–Crippen LogP) is 2.78. The molecule has 0 aliphatic rings. The number of carbonyl (C=O) groups excluding carboxylic acids is 1. The average Bonchev–Trinajstić information content (AvgIpc) is 2.83. The molecule has 0 atom stereocenters. The van der Waals surface area contributed by atoms with Gasteiger partial charge in [0.2, 0.25) is 5.78 Å². The molecule has 0 aliphatic heterocycles. The minimum atomic E-state index is -0.0722. The number of carbonyl (C=O) groups is 1. The maximum absolute atomic E-state index is 12.4. The number of benzene rings is 1. The second-order valence-corrected chi connectivity index (χ2v) is 4.80. The maximum atomic E-state index is 12.4. The van der Waals surface area contributed by atoms with Crippen LogP contribution in [0.1, 0.15) is 41.5 Å². The van der Waals surface area contributed by atoms with Gasteiger partial charge in [0.15, 0.2) is 5.82 Å². The van der Waals surface area contributed by atoms with E-state index in [1.165, 1.54) is 0 Å². The molecule has 0 saturated heterocycles. The molecule has 0 N–H and O–H groups in total. The number of ketones is 1. The van der Waals surface area contributed by atoms with Crippen molar-refractivity contribution in [1.29, 1.82) is 0 Å². The molecule has 0 aliphatic carbocycles. The first-order valence-electron chi connectivity index (χ1n) is 6.24. The molecule has 1 heterocycles. The van der Waals surface area contributed by atoms with Crippen LogP contribution in [0.4, 0.5) is 0 Å². The summed E-state index contributed by atoms with van der Waals surface area (Å²) in [5.74, 6) is 1.48. The van der Waals surface area contributed by atoms with E-state index in [2.05, 4.69) is 18.8 Å². The van der Waals surface area contributed by atoms with Gasteiger partial charge in [-0.2, -0.15) is 0 Å². The highest BCUT2D eigenvalue weighted by atomic mass is 16.5. The highest BCUT2D eigenvalue weighted by Gasteiger charge is 2.16. The van der Waals surface area contributed by atoms with Crippen molar-refractivity contribution < 1.29 is 9.53 Å². The molecule has 0 radical (unpaired) electrons. The van der Waals surface area contributed by atoms with Gasteiger partial charge in [0.25, 0.3) is 0 Å². The largest absolute Gasteiger partial charge is 0.496 e. The first kappa shape index (κ1) is 13.3. The zero-order chi connectivity index (χ0) is 14.0. The molecule has 100 valence electrons. The number of rotatable bonds is 4. The Morgan fingerprint density at radius 3 is 2.63 bits per heavy atom. The Balaban J connectivity index is 2.44. The summed E-state index contributed by atoms with van der Waals surface area (Å²) in [7, 11) is 3.45. The Bertz CT molecular complexity index is 600. The summed E-state index contributed by atoms with van der Waals surface area (Å²) in [6.45, 7) is 4.15. The van der Waals surface area contributed by atoms with Gasteiger partial charge in [0.1, 0.15) is 5.75 Å². The average molecular weight is 258 g/mol. The summed E-state index contributed by atoms with van der Waals surface area (Å²) in [4.78, 5) is 16.5. The lowest BCUT2D eigenvalue weighted by atomic mass is 9.98. The third-order valence-electron chi connectivity index (χ3n) is 3.14. The highest BCUT2D eigenvalue weighted by Crippen LogP contribution is 2.27. The fraction of sp³-hybridized carbons (Fsp3) is 0.333. The molecule has 0 unspecified atom stereocenters. The molecule has 0 spiro atoms. The number of hydrogen-bond donors (Lipinski definition) is 0. The van der Waals surface area contributed by atoms with Crippen molar-refractivity contribution in [2.24, 2.45) is 7.05 Å². The number of imidazole rings is 1. The van der Waals surface area contributed by atoms with Crippen LogP contribution in [0.5, 0.6) is 5.75 Å². The van der Waals surface area contributed by atoms with Crippen LogP contribution < -0.4 is 4.74 Å². The minimum absolute atomic E-state index is 0.0722. The van der Waals surface area contributed by atoms with Crippen molar-refractivity contribution in [3.05, 3.63) is 47.5 Å². The number of hydrogen-bond acceptors (Lipinski definition) is 3. The zero-order valence-corrected chi connectivity index (χ0v) is 11.7. The molecule has 0 amide bonds. The molecule has 0 bridgehead atoms. The number of ether oxygens (including phenoxy) is 1. The normalized spacial score (nSPS) is 10.8. The molecular weight excluding hydrogens is 240 g/mol. The summed E-state index contributed by atoms with van der Waals surface area (Å²) >= 11 is 0. The number of aromatic nitrogens is 2. The highest BCUT2D eigenvalue weighted by molar-refractivity contribution is 6.06. The Hall–Kier alpha value is -2.10. The van der Waals surface area contributed by atoms with E-state index in [0.29, 0.717) is 17.3 Å². The van der Waals surface area contributed by atoms with Gasteiger partial charge in [-0.15, -0.1) is 0 Å². The van der Waals surface area contributed by atoms with Crippen LogP contribution in [0.25, 0.3) is 0 Å². The van der Waals surface area contributed by atoms with Crippen molar-refractivity contribution >= 4 is 5.78 Å². The van der Waals surface area contributed by atoms with Gasteiger partial charge in [0, 0.05) is 25.0 Å². The standard InChI is InChI=1S/C15H18N2O2/c1-10(2)12-9-11(5-6-13(12)19-4)14(18)15-16-7-8-17(15)3/h5-10H,1-4H3. The lowest BCUT2D eigenvalue weighted by molar-refractivity contribution is 0.102. The van der Waals surface area contributed by atoms with Gasteiger partial charge >= 0.3 is 0 Å². The van der Waals surface area contributed by atoms with Crippen LogP contribution in [0.3, 0.4) is 0 Å². The lowest BCUT2D eigenvalue weighted by Crippen LogP contribution is -2.09. The second kappa shape index (κ2) is 5.26. The Kier molecular flexibility index (Phi) is 3.69. The van der Waals surface area contributed by atoms with Crippen LogP contribution in [-0.4, -0.2) is 22.4 Å². The summed E-state index contributed by atoms with van der Waals surface area (Å²) in [5, 5.41) is 0. The molecule has 1 aromatic heterocycles. The summed E-state index contributed by atoms with van der Waals surface area (Å²) in [6.07, 6.45) is 3.39. The molecule has 2 rings (SSSR count). The molecule has 0 saturated carbocycles. The third-order valence-corrected chi connectivity index (χ3v) is 3.14. The first-order valence-corrected chi connectivity index (χ1v) is 6.24. The van der Waals surface area contributed by atoms with Crippen molar-refractivity contribution in [2.75, 3.05) is 7.11 Å². The first-order chi connectivity index (χ1) is 9.04. The van der Waals surface area contributed by atoms with E-state index in [1.54, 1.807) is 30.1 Å². The van der Waals surface area contributed by atoms with E-state index >= 15 is 0 Å². The fourth-order valence-electron chi connectivity index (χ4n) is 2.04. The maximum Gasteiger partial charge on any atom is 0.228 e. The summed E-state index contributed by atoms with van der Waals surface area (Å²) in [6, 6.07) is 5.51.